The maximum atomic E-state index is 4.39. The van der Waals surface area contributed by atoms with E-state index >= 15 is 0 Å². The van der Waals surface area contributed by atoms with Crippen LogP contribution in [0.4, 0.5) is 0 Å². The average molecular weight is 250 g/mol. The first kappa shape index (κ1) is 11.7. The fourth-order valence-electron chi connectivity index (χ4n) is 2.25. The van der Waals surface area contributed by atoms with Crippen molar-refractivity contribution in [3.63, 3.8) is 0 Å². The SMILES string of the molecule is CNC(c1cncnc1)c1ccc2cccnc2c1. The summed E-state index contributed by atoms with van der Waals surface area (Å²) in [6, 6.07) is 10.4. The van der Waals surface area contributed by atoms with E-state index in [1.54, 1.807) is 0 Å². The summed E-state index contributed by atoms with van der Waals surface area (Å²) in [5, 5.41) is 4.44. The lowest BCUT2D eigenvalue weighted by Gasteiger charge is -2.16. The van der Waals surface area contributed by atoms with Gasteiger partial charge in [0.15, 0.2) is 0 Å². The van der Waals surface area contributed by atoms with Crippen molar-refractivity contribution in [1.29, 1.82) is 0 Å². The molecule has 0 saturated heterocycles. The molecule has 0 radical (unpaired) electrons. The number of benzene rings is 1. The molecule has 1 aromatic carbocycles. The standard InChI is InChI=1S/C15H14N4/c1-16-15(13-8-17-10-18-9-13)12-5-4-11-3-2-6-19-14(11)7-12/h2-10,15-16H,1H3. The van der Waals surface area contributed by atoms with Crippen LogP contribution in [0.2, 0.25) is 0 Å². The zero-order valence-electron chi connectivity index (χ0n) is 10.6. The van der Waals surface area contributed by atoms with Crippen LogP contribution in [-0.4, -0.2) is 22.0 Å². The molecule has 1 unspecified atom stereocenters. The smallest absolute Gasteiger partial charge is 0.115 e. The maximum Gasteiger partial charge on any atom is 0.115 e. The molecule has 0 fully saturated rings. The van der Waals surface area contributed by atoms with Gasteiger partial charge in [0.05, 0.1) is 11.6 Å². The van der Waals surface area contributed by atoms with Gasteiger partial charge < -0.3 is 5.32 Å². The maximum absolute atomic E-state index is 4.39. The van der Waals surface area contributed by atoms with Crippen LogP contribution in [0.1, 0.15) is 17.2 Å². The second-order valence-corrected chi connectivity index (χ2v) is 4.35. The molecule has 0 saturated carbocycles. The van der Waals surface area contributed by atoms with Crippen LogP contribution in [0, 0.1) is 0 Å². The minimum absolute atomic E-state index is 0.0765. The van der Waals surface area contributed by atoms with Crippen molar-refractivity contribution in [1.82, 2.24) is 20.3 Å². The highest BCUT2D eigenvalue weighted by Gasteiger charge is 2.12. The Hall–Kier alpha value is -2.33. The molecule has 4 heteroatoms. The fourth-order valence-corrected chi connectivity index (χ4v) is 2.25. The van der Waals surface area contributed by atoms with Crippen LogP contribution in [0.15, 0.2) is 55.2 Å². The van der Waals surface area contributed by atoms with Gasteiger partial charge in [-0.3, -0.25) is 4.98 Å². The van der Waals surface area contributed by atoms with E-state index in [2.05, 4.69) is 44.5 Å². The summed E-state index contributed by atoms with van der Waals surface area (Å²) in [5.74, 6) is 0. The number of hydrogen-bond acceptors (Lipinski definition) is 4. The molecule has 4 nitrogen and oxygen atoms in total. The molecule has 3 rings (SSSR count). The Labute approximate surface area is 111 Å². The van der Waals surface area contributed by atoms with Crippen molar-refractivity contribution in [2.45, 2.75) is 6.04 Å². The predicted molar refractivity (Wildman–Crippen MR) is 74.7 cm³/mol. The Kier molecular flexibility index (Phi) is 3.16. The Morgan fingerprint density at radius 2 is 1.89 bits per heavy atom. The van der Waals surface area contributed by atoms with E-state index in [0.717, 1.165) is 22.0 Å². The van der Waals surface area contributed by atoms with Crippen molar-refractivity contribution in [3.05, 3.63) is 66.4 Å². The summed E-state index contributed by atoms with van der Waals surface area (Å²) in [5.41, 5.74) is 3.20. The van der Waals surface area contributed by atoms with E-state index in [9.17, 15) is 0 Å². The van der Waals surface area contributed by atoms with E-state index in [1.165, 1.54) is 6.33 Å². The number of pyridine rings is 1. The van der Waals surface area contributed by atoms with Gasteiger partial charge in [0, 0.05) is 29.5 Å². The highest BCUT2D eigenvalue weighted by atomic mass is 14.9. The van der Waals surface area contributed by atoms with E-state index in [0.29, 0.717) is 0 Å². The summed E-state index contributed by atoms with van der Waals surface area (Å²) in [4.78, 5) is 12.5. The number of nitrogens with zero attached hydrogens (tertiary/aromatic N) is 3. The van der Waals surface area contributed by atoms with Crippen LogP contribution in [0.5, 0.6) is 0 Å². The second kappa shape index (κ2) is 5.12. The highest BCUT2D eigenvalue weighted by Crippen LogP contribution is 2.23. The van der Waals surface area contributed by atoms with Crippen LogP contribution in [-0.2, 0) is 0 Å². The first-order chi connectivity index (χ1) is 9.38. The summed E-state index contributed by atoms with van der Waals surface area (Å²) >= 11 is 0. The molecule has 0 amide bonds. The molecule has 0 bridgehead atoms. The molecule has 2 heterocycles. The molecule has 3 aromatic rings. The normalized spacial score (nSPS) is 12.5. The first-order valence-electron chi connectivity index (χ1n) is 6.15. The van der Waals surface area contributed by atoms with Gasteiger partial charge in [-0.1, -0.05) is 18.2 Å². The van der Waals surface area contributed by atoms with Gasteiger partial charge in [-0.2, -0.15) is 0 Å². The molecular formula is C15H14N4. The molecular weight excluding hydrogens is 236 g/mol. The molecule has 0 aliphatic heterocycles. The molecule has 0 aliphatic rings. The lowest BCUT2D eigenvalue weighted by Crippen LogP contribution is -2.18. The lowest BCUT2D eigenvalue weighted by atomic mass is 10.00. The topological polar surface area (TPSA) is 50.7 Å². The highest BCUT2D eigenvalue weighted by molar-refractivity contribution is 5.79. The van der Waals surface area contributed by atoms with Gasteiger partial charge in [0.2, 0.25) is 0 Å². The number of aromatic nitrogens is 3. The number of rotatable bonds is 3. The van der Waals surface area contributed by atoms with Crippen LogP contribution in [0.25, 0.3) is 10.9 Å². The van der Waals surface area contributed by atoms with Crippen molar-refractivity contribution >= 4 is 10.9 Å². The molecule has 1 N–H and O–H groups in total. The largest absolute Gasteiger partial charge is 0.309 e. The average Bonchev–Trinajstić information content (AvgIpc) is 2.49. The van der Waals surface area contributed by atoms with Crippen molar-refractivity contribution in [2.75, 3.05) is 7.05 Å². The minimum atomic E-state index is 0.0765. The third kappa shape index (κ3) is 2.30. The van der Waals surface area contributed by atoms with Gasteiger partial charge in [0.25, 0.3) is 0 Å². The summed E-state index contributed by atoms with van der Waals surface area (Å²) in [6.07, 6.45) is 7.01. The summed E-state index contributed by atoms with van der Waals surface area (Å²) < 4.78 is 0. The minimum Gasteiger partial charge on any atom is -0.309 e. The first-order valence-corrected chi connectivity index (χ1v) is 6.15. The predicted octanol–water partition coefficient (Wildman–Crippen LogP) is 2.33. The Bertz CT molecular complexity index is 682. The van der Waals surface area contributed by atoms with Gasteiger partial charge in [-0.05, 0) is 24.7 Å². The number of nitrogens with one attached hydrogen (secondary N) is 1. The monoisotopic (exact) mass is 250 g/mol. The van der Waals surface area contributed by atoms with Gasteiger partial charge >= 0.3 is 0 Å². The van der Waals surface area contributed by atoms with Crippen LogP contribution < -0.4 is 5.32 Å². The third-order valence-corrected chi connectivity index (χ3v) is 3.17. The molecule has 0 aliphatic carbocycles. The van der Waals surface area contributed by atoms with Gasteiger partial charge in [-0.25, -0.2) is 9.97 Å². The second-order valence-electron chi connectivity index (χ2n) is 4.35. The molecule has 94 valence electrons. The van der Waals surface area contributed by atoms with Gasteiger partial charge in [-0.15, -0.1) is 0 Å². The van der Waals surface area contributed by atoms with Crippen molar-refractivity contribution < 1.29 is 0 Å². The Morgan fingerprint density at radius 1 is 1.05 bits per heavy atom. The van der Waals surface area contributed by atoms with Crippen LogP contribution in [0.3, 0.4) is 0 Å². The van der Waals surface area contributed by atoms with Gasteiger partial charge in [0.1, 0.15) is 6.33 Å². The Morgan fingerprint density at radius 3 is 2.68 bits per heavy atom. The number of fused-ring (bicyclic) bond motifs is 1. The lowest BCUT2D eigenvalue weighted by molar-refractivity contribution is 0.685. The molecule has 1 atom stereocenters. The molecule has 0 spiro atoms. The van der Waals surface area contributed by atoms with E-state index in [1.807, 2.05) is 31.7 Å². The quantitative estimate of drug-likeness (QED) is 0.775. The fraction of sp³-hybridized carbons (Fsp3) is 0.133. The van der Waals surface area contributed by atoms with E-state index in [-0.39, 0.29) is 6.04 Å². The summed E-state index contributed by atoms with van der Waals surface area (Å²) in [6.45, 7) is 0. The number of hydrogen-bond donors (Lipinski definition) is 1. The van der Waals surface area contributed by atoms with Crippen molar-refractivity contribution in [2.24, 2.45) is 0 Å². The van der Waals surface area contributed by atoms with Crippen LogP contribution >= 0.6 is 0 Å². The summed E-state index contributed by atoms with van der Waals surface area (Å²) in [7, 11) is 1.93. The molecule has 19 heavy (non-hydrogen) atoms. The van der Waals surface area contributed by atoms with Crippen molar-refractivity contribution in [3.8, 4) is 0 Å². The van der Waals surface area contributed by atoms with E-state index < -0.39 is 0 Å². The Balaban J connectivity index is 2.06. The zero-order valence-corrected chi connectivity index (χ0v) is 10.6. The molecule has 2 aromatic heterocycles. The zero-order chi connectivity index (χ0) is 13.1. The third-order valence-electron chi connectivity index (χ3n) is 3.17. The van der Waals surface area contributed by atoms with E-state index in [4.69, 9.17) is 0 Å².